The number of aryl methyl sites for hydroxylation is 1. The minimum atomic E-state index is -0.0764. The van der Waals surface area contributed by atoms with E-state index in [0.29, 0.717) is 5.92 Å². The summed E-state index contributed by atoms with van der Waals surface area (Å²) in [5, 5.41) is 3.26. The molecular formula is C15H23NO. The predicted octanol–water partition coefficient (Wildman–Crippen LogP) is 3.07. The van der Waals surface area contributed by atoms with E-state index in [9.17, 15) is 4.79 Å². The molecule has 2 nitrogen and oxygen atoms in total. The maximum atomic E-state index is 12.3. The molecule has 1 N–H and O–H groups in total. The summed E-state index contributed by atoms with van der Waals surface area (Å²) in [5.74, 6) is 0.512. The lowest BCUT2D eigenvalue weighted by Gasteiger charge is -2.20. The molecule has 0 aliphatic rings. The summed E-state index contributed by atoms with van der Waals surface area (Å²) >= 11 is 0. The summed E-state index contributed by atoms with van der Waals surface area (Å²) in [6, 6.07) is 7.88. The molecule has 0 spiro atoms. The first-order valence-corrected chi connectivity index (χ1v) is 6.46. The molecule has 0 bridgehead atoms. The van der Waals surface area contributed by atoms with Gasteiger partial charge in [0.1, 0.15) is 0 Å². The molecule has 0 amide bonds. The van der Waals surface area contributed by atoms with Gasteiger partial charge in [-0.05, 0) is 24.4 Å². The standard InChI is InChI=1S/C15H23NO/c1-5-12-7-9-13(10-8-12)15(17)14(11(3)4)16-6-2/h7-11,14,16H,5-6H2,1-4H3. The number of rotatable bonds is 6. The zero-order valence-corrected chi connectivity index (χ0v) is 11.3. The van der Waals surface area contributed by atoms with Crippen LogP contribution in [-0.2, 0) is 6.42 Å². The van der Waals surface area contributed by atoms with Crippen LogP contribution in [0.3, 0.4) is 0 Å². The average Bonchev–Trinajstić information content (AvgIpc) is 2.35. The molecule has 1 rings (SSSR count). The highest BCUT2D eigenvalue weighted by Crippen LogP contribution is 2.12. The van der Waals surface area contributed by atoms with Crippen molar-refractivity contribution < 1.29 is 4.79 Å². The van der Waals surface area contributed by atoms with E-state index in [4.69, 9.17) is 0 Å². The van der Waals surface area contributed by atoms with Crippen molar-refractivity contribution in [3.05, 3.63) is 35.4 Å². The Kier molecular flexibility index (Phi) is 5.36. The van der Waals surface area contributed by atoms with Crippen LogP contribution in [0, 0.1) is 5.92 Å². The van der Waals surface area contributed by atoms with E-state index in [0.717, 1.165) is 18.5 Å². The minimum absolute atomic E-state index is 0.0764. The van der Waals surface area contributed by atoms with Gasteiger partial charge in [0.25, 0.3) is 0 Å². The van der Waals surface area contributed by atoms with Crippen LogP contribution in [0.4, 0.5) is 0 Å². The van der Waals surface area contributed by atoms with E-state index in [1.165, 1.54) is 5.56 Å². The molecule has 1 aromatic carbocycles. The highest BCUT2D eigenvalue weighted by atomic mass is 16.1. The van der Waals surface area contributed by atoms with Crippen molar-refractivity contribution in [1.29, 1.82) is 0 Å². The van der Waals surface area contributed by atoms with Gasteiger partial charge in [-0.3, -0.25) is 4.79 Å². The van der Waals surface area contributed by atoms with Gasteiger partial charge in [-0.15, -0.1) is 0 Å². The maximum absolute atomic E-state index is 12.3. The van der Waals surface area contributed by atoms with Gasteiger partial charge in [0.15, 0.2) is 5.78 Å². The topological polar surface area (TPSA) is 29.1 Å². The lowest BCUT2D eigenvalue weighted by molar-refractivity contribution is 0.0918. The molecule has 2 heteroatoms. The van der Waals surface area contributed by atoms with E-state index < -0.39 is 0 Å². The molecule has 0 aromatic heterocycles. The van der Waals surface area contributed by atoms with Crippen LogP contribution >= 0.6 is 0 Å². The average molecular weight is 233 g/mol. The van der Waals surface area contributed by atoms with Crippen LogP contribution in [0.2, 0.25) is 0 Å². The minimum Gasteiger partial charge on any atom is -0.307 e. The van der Waals surface area contributed by atoms with Crippen molar-refractivity contribution in [3.8, 4) is 0 Å². The summed E-state index contributed by atoms with van der Waals surface area (Å²) in [6.07, 6.45) is 1.01. The number of Topliss-reactive ketones (excluding diaryl/α,β-unsaturated/α-hetero) is 1. The quantitative estimate of drug-likeness (QED) is 0.765. The first-order chi connectivity index (χ1) is 8.10. The van der Waals surface area contributed by atoms with Gasteiger partial charge in [0.05, 0.1) is 6.04 Å². The number of nitrogens with one attached hydrogen (secondary N) is 1. The lowest BCUT2D eigenvalue weighted by Crippen LogP contribution is -2.40. The summed E-state index contributed by atoms with van der Waals surface area (Å²) < 4.78 is 0. The Morgan fingerprint density at radius 1 is 1.18 bits per heavy atom. The number of benzene rings is 1. The molecule has 94 valence electrons. The van der Waals surface area contributed by atoms with E-state index in [2.05, 4.69) is 26.1 Å². The molecule has 1 atom stereocenters. The van der Waals surface area contributed by atoms with E-state index >= 15 is 0 Å². The molecule has 0 heterocycles. The third-order valence-electron chi connectivity index (χ3n) is 3.02. The SMILES string of the molecule is CCNC(C(=O)c1ccc(CC)cc1)C(C)C. The first kappa shape index (κ1) is 13.9. The summed E-state index contributed by atoms with van der Waals surface area (Å²) in [4.78, 5) is 12.3. The van der Waals surface area contributed by atoms with E-state index in [-0.39, 0.29) is 11.8 Å². The van der Waals surface area contributed by atoms with E-state index in [1.54, 1.807) is 0 Å². The molecule has 17 heavy (non-hydrogen) atoms. The fourth-order valence-electron chi connectivity index (χ4n) is 1.94. The lowest BCUT2D eigenvalue weighted by atomic mass is 9.94. The molecule has 1 unspecified atom stereocenters. The van der Waals surface area contributed by atoms with Gasteiger partial charge in [-0.1, -0.05) is 52.0 Å². The normalized spacial score (nSPS) is 12.8. The largest absolute Gasteiger partial charge is 0.307 e. The van der Waals surface area contributed by atoms with Gasteiger partial charge in [0.2, 0.25) is 0 Å². The highest BCUT2D eigenvalue weighted by molar-refractivity contribution is 6.00. The number of ketones is 1. The van der Waals surface area contributed by atoms with Gasteiger partial charge >= 0.3 is 0 Å². The van der Waals surface area contributed by atoms with Gasteiger partial charge < -0.3 is 5.32 Å². The van der Waals surface area contributed by atoms with Gasteiger partial charge in [0, 0.05) is 5.56 Å². The van der Waals surface area contributed by atoms with Gasteiger partial charge in [-0.25, -0.2) is 0 Å². The molecule has 0 saturated heterocycles. The van der Waals surface area contributed by atoms with Crippen molar-refractivity contribution >= 4 is 5.78 Å². The van der Waals surface area contributed by atoms with Crippen molar-refractivity contribution in [2.75, 3.05) is 6.54 Å². The molecule has 0 fully saturated rings. The molecule has 1 aromatic rings. The summed E-state index contributed by atoms with van der Waals surface area (Å²) in [6.45, 7) is 9.12. The Morgan fingerprint density at radius 2 is 1.76 bits per heavy atom. The van der Waals surface area contributed by atoms with Crippen molar-refractivity contribution in [3.63, 3.8) is 0 Å². The Hall–Kier alpha value is -1.15. The molecule has 0 radical (unpaired) electrons. The van der Waals surface area contributed by atoms with E-state index in [1.807, 2.05) is 31.2 Å². The fraction of sp³-hybridized carbons (Fsp3) is 0.533. The number of carbonyl (C=O) groups is 1. The number of hydrogen-bond acceptors (Lipinski definition) is 2. The summed E-state index contributed by atoms with van der Waals surface area (Å²) in [7, 11) is 0. The number of hydrogen-bond donors (Lipinski definition) is 1. The van der Waals surface area contributed by atoms with Crippen LogP contribution in [0.1, 0.15) is 43.6 Å². The number of likely N-dealkylation sites (N-methyl/N-ethyl adjacent to an activating group) is 1. The van der Waals surface area contributed by atoms with Crippen LogP contribution in [0.25, 0.3) is 0 Å². The third-order valence-corrected chi connectivity index (χ3v) is 3.02. The Bertz CT molecular complexity index is 354. The van der Waals surface area contributed by atoms with Crippen LogP contribution in [0.15, 0.2) is 24.3 Å². The maximum Gasteiger partial charge on any atom is 0.179 e. The van der Waals surface area contributed by atoms with Gasteiger partial charge in [-0.2, -0.15) is 0 Å². The van der Waals surface area contributed by atoms with Crippen molar-refractivity contribution in [2.24, 2.45) is 5.92 Å². The monoisotopic (exact) mass is 233 g/mol. The predicted molar refractivity (Wildman–Crippen MR) is 72.5 cm³/mol. The molecule has 0 saturated carbocycles. The van der Waals surface area contributed by atoms with Crippen molar-refractivity contribution in [2.45, 2.75) is 40.2 Å². The molecule has 0 aliphatic heterocycles. The fourth-order valence-corrected chi connectivity index (χ4v) is 1.94. The number of carbonyl (C=O) groups excluding carboxylic acids is 1. The smallest absolute Gasteiger partial charge is 0.179 e. The Morgan fingerprint density at radius 3 is 2.18 bits per heavy atom. The van der Waals surface area contributed by atoms with Crippen LogP contribution in [0.5, 0.6) is 0 Å². The third kappa shape index (κ3) is 3.67. The zero-order chi connectivity index (χ0) is 12.8. The molecular weight excluding hydrogens is 210 g/mol. The first-order valence-electron chi connectivity index (χ1n) is 6.46. The Labute approximate surface area is 104 Å². The molecule has 0 aliphatic carbocycles. The van der Waals surface area contributed by atoms with Crippen LogP contribution in [-0.4, -0.2) is 18.4 Å². The highest BCUT2D eigenvalue weighted by Gasteiger charge is 2.21. The Balaban J connectivity index is 2.85. The van der Waals surface area contributed by atoms with Crippen molar-refractivity contribution in [1.82, 2.24) is 5.32 Å². The second-order valence-corrected chi connectivity index (χ2v) is 4.69. The second kappa shape index (κ2) is 6.55. The second-order valence-electron chi connectivity index (χ2n) is 4.69. The summed E-state index contributed by atoms with van der Waals surface area (Å²) in [5.41, 5.74) is 2.08. The zero-order valence-electron chi connectivity index (χ0n) is 11.3. The van der Waals surface area contributed by atoms with Crippen LogP contribution < -0.4 is 5.32 Å².